The summed E-state index contributed by atoms with van der Waals surface area (Å²) in [5, 5.41) is 0.664. The van der Waals surface area contributed by atoms with Gasteiger partial charge in [-0.05, 0) is 6.92 Å². The van der Waals surface area contributed by atoms with Crippen molar-refractivity contribution in [2.45, 2.75) is 13.0 Å². The van der Waals surface area contributed by atoms with Crippen LogP contribution in [0, 0.1) is 0 Å². The molecule has 0 saturated carbocycles. The molecule has 0 radical (unpaired) electrons. The van der Waals surface area contributed by atoms with E-state index in [9.17, 15) is 8.42 Å². The lowest BCUT2D eigenvalue weighted by Crippen LogP contribution is -2.11. The van der Waals surface area contributed by atoms with Gasteiger partial charge >= 0.3 is 0 Å². The summed E-state index contributed by atoms with van der Waals surface area (Å²) in [6.45, 7) is 1.60. The van der Waals surface area contributed by atoms with Crippen molar-refractivity contribution in [2.75, 3.05) is 0 Å². The zero-order valence-corrected chi connectivity index (χ0v) is 5.80. The van der Waals surface area contributed by atoms with Gasteiger partial charge in [0.05, 0.1) is 5.41 Å². The van der Waals surface area contributed by atoms with E-state index in [-0.39, 0.29) is 6.04 Å². The summed E-state index contributed by atoms with van der Waals surface area (Å²) in [6.07, 6.45) is 1.19. The van der Waals surface area contributed by atoms with E-state index in [1.807, 2.05) is 0 Å². The molecular weight excluding hydrogens is 142 g/mol. The van der Waals surface area contributed by atoms with E-state index in [4.69, 9.17) is 10.3 Å². The Hall–Kier alpha value is -0.390. The van der Waals surface area contributed by atoms with Crippen molar-refractivity contribution in [3.8, 4) is 0 Å². The third kappa shape index (κ3) is 7.61. The van der Waals surface area contributed by atoms with E-state index in [0.717, 1.165) is 0 Å². The fourth-order valence-electron chi connectivity index (χ4n) is 0.223. The Morgan fingerprint density at radius 3 is 2.22 bits per heavy atom. The Kier molecular flexibility index (Phi) is 2.83. The van der Waals surface area contributed by atoms with Crippen LogP contribution in [0.5, 0.6) is 0 Å². The molecule has 1 unspecified atom stereocenters. The summed E-state index contributed by atoms with van der Waals surface area (Å²) < 4.78 is 28.0. The average Bonchev–Trinajstić information content (AvgIpc) is 1.59. The molecule has 0 aliphatic rings. The van der Waals surface area contributed by atoms with Crippen LogP contribution in [0.15, 0.2) is 11.5 Å². The van der Waals surface area contributed by atoms with Crippen molar-refractivity contribution in [3.05, 3.63) is 11.5 Å². The third-order valence-electron chi connectivity index (χ3n) is 0.554. The van der Waals surface area contributed by atoms with E-state index >= 15 is 0 Å². The van der Waals surface area contributed by atoms with Crippen LogP contribution in [0.4, 0.5) is 0 Å². The minimum Gasteiger partial charge on any atom is -0.325 e. The van der Waals surface area contributed by atoms with Crippen LogP contribution >= 0.6 is 0 Å². The molecule has 0 saturated heterocycles. The normalized spacial score (nSPS) is 16.3. The fourth-order valence-corrected chi connectivity index (χ4v) is 0.670. The van der Waals surface area contributed by atoms with Crippen LogP contribution in [-0.4, -0.2) is 19.0 Å². The molecule has 0 aliphatic heterocycles. The van der Waals surface area contributed by atoms with Crippen molar-refractivity contribution in [1.29, 1.82) is 0 Å². The molecule has 0 aromatic heterocycles. The number of hydrogen-bond acceptors (Lipinski definition) is 3. The van der Waals surface area contributed by atoms with E-state index in [1.165, 1.54) is 6.08 Å². The molecule has 54 valence electrons. The van der Waals surface area contributed by atoms with Gasteiger partial charge in [-0.2, -0.15) is 8.42 Å². The minimum atomic E-state index is -3.98. The molecule has 0 bridgehead atoms. The van der Waals surface area contributed by atoms with Gasteiger partial charge in [0.15, 0.2) is 0 Å². The number of rotatable bonds is 2. The maximum atomic E-state index is 9.95. The standard InChI is InChI=1S/C4H9NO3S/c1-4(5)2-3-9(6,7)8/h2-4H,5H2,1H3,(H,6,7,8)/b3-2+. The molecule has 5 heteroatoms. The van der Waals surface area contributed by atoms with Crippen molar-refractivity contribution in [3.63, 3.8) is 0 Å². The molecular formula is C4H9NO3S. The molecule has 0 spiro atoms. The zero-order chi connectivity index (χ0) is 7.49. The summed E-state index contributed by atoms with van der Waals surface area (Å²) in [6, 6.07) is -0.355. The average molecular weight is 151 g/mol. The van der Waals surface area contributed by atoms with Gasteiger partial charge in [-0.25, -0.2) is 0 Å². The molecule has 0 amide bonds. The van der Waals surface area contributed by atoms with Crippen LogP contribution < -0.4 is 5.73 Å². The summed E-state index contributed by atoms with van der Waals surface area (Å²) >= 11 is 0. The molecule has 9 heavy (non-hydrogen) atoms. The quantitative estimate of drug-likeness (QED) is 0.532. The first kappa shape index (κ1) is 8.61. The summed E-state index contributed by atoms with van der Waals surface area (Å²) in [5.74, 6) is 0. The SMILES string of the molecule is CC(N)/C=C/S(=O)(=O)O. The van der Waals surface area contributed by atoms with Crippen LogP contribution in [0.2, 0.25) is 0 Å². The molecule has 0 fully saturated rings. The first-order chi connectivity index (χ1) is 3.92. The Morgan fingerprint density at radius 2 is 2.11 bits per heavy atom. The summed E-state index contributed by atoms with van der Waals surface area (Å²) in [4.78, 5) is 0. The van der Waals surface area contributed by atoms with Crippen LogP contribution in [0.25, 0.3) is 0 Å². The van der Waals surface area contributed by atoms with E-state index in [0.29, 0.717) is 5.41 Å². The first-order valence-corrected chi connectivity index (χ1v) is 3.83. The lowest BCUT2D eigenvalue weighted by Gasteiger charge is -1.90. The van der Waals surface area contributed by atoms with Gasteiger partial charge in [-0.1, -0.05) is 6.08 Å². The highest BCUT2D eigenvalue weighted by Gasteiger charge is 1.94. The molecule has 0 aromatic rings. The highest BCUT2D eigenvalue weighted by Crippen LogP contribution is 1.86. The van der Waals surface area contributed by atoms with E-state index < -0.39 is 10.1 Å². The Bertz CT molecular complexity index is 192. The lowest BCUT2D eigenvalue weighted by molar-refractivity contribution is 0.494. The second kappa shape index (κ2) is 2.95. The Balaban J connectivity index is 4.03. The number of hydrogen-bond donors (Lipinski definition) is 2. The van der Waals surface area contributed by atoms with E-state index in [1.54, 1.807) is 6.92 Å². The van der Waals surface area contributed by atoms with E-state index in [2.05, 4.69) is 0 Å². The largest absolute Gasteiger partial charge is 0.325 e. The summed E-state index contributed by atoms with van der Waals surface area (Å²) in [7, 11) is -3.98. The van der Waals surface area contributed by atoms with Gasteiger partial charge in [-0.3, -0.25) is 4.55 Å². The molecule has 0 aromatic carbocycles. The predicted molar refractivity (Wildman–Crippen MR) is 34.3 cm³/mol. The Morgan fingerprint density at radius 1 is 1.67 bits per heavy atom. The molecule has 3 N–H and O–H groups in total. The second-order valence-corrected chi connectivity index (χ2v) is 3.00. The monoisotopic (exact) mass is 151 g/mol. The van der Waals surface area contributed by atoms with Gasteiger partial charge in [-0.15, -0.1) is 0 Å². The van der Waals surface area contributed by atoms with Crippen LogP contribution in [0.1, 0.15) is 6.92 Å². The molecule has 0 heterocycles. The highest BCUT2D eigenvalue weighted by molar-refractivity contribution is 7.88. The predicted octanol–water partition coefficient (Wildman–Crippen LogP) is -0.265. The molecule has 4 nitrogen and oxygen atoms in total. The van der Waals surface area contributed by atoms with Gasteiger partial charge in [0.2, 0.25) is 0 Å². The first-order valence-electron chi connectivity index (χ1n) is 2.33. The van der Waals surface area contributed by atoms with Gasteiger partial charge in [0, 0.05) is 6.04 Å². The third-order valence-corrected chi connectivity index (χ3v) is 1.06. The topological polar surface area (TPSA) is 80.4 Å². The van der Waals surface area contributed by atoms with Crippen LogP contribution in [-0.2, 0) is 10.1 Å². The molecule has 0 aliphatic carbocycles. The van der Waals surface area contributed by atoms with Gasteiger partial charge in [0.1, 0.15) is 0 Å². The van der Waals surface area contributed by atoms with Gasteiger partial charge in [0.25, 0.3) is 10.1 Å². The Labute approximate surface area is 54.1 Å². The second-order valence-electron chi connectivity index (χ2n) is 1.70. The fraction of sp³-hybridized carbons (Fsp3) is 0.500. The van der Waals surface area contributed by atoms with Gasteiger partial charge < -0.3 is 5.73 Å². The molecule has 0 rings (SSSR count). The van der Waals surface area contributed by atoms with Crippen molar-refractivity contribution in [2.24, 2.45) is 5.73 Å². The lowest BCUT2D eigenvalue weighted by atomic mass is 10.4. The smallest absolute Gasteiger partial charge is 0.287 e. The minimum absolute atomic E-state index is 0.355. The van der Waals surface area contributed by atoms with Crippen molar-refractivity contribution in [1.82, 2.24) is 0 Å². The van der Waals surface area contributed by atoms with Crippen molar-refractivity contribution < 1.29 is 13.0 Å². The zero-order valence-electron chi connectivity index (χ0n) is 4.98. The number of nitrogens with two attached hydrogens (primary N) is 1. The highest BCUT2D eigenvalue weighted by atomic mass is 32.2. The molecule has 1 atom stereocenters. The van der Waals surface area contributed by atoms with Crippen LogP contribution in [0.3, 0.4) is 0 Å². The van der Waals surface area contributed by atoms with Crippen molar-refractivity contribution >= 4 is 10.1 Å². The maximum absolute atomic E-state index is 9.95. The summed E-state index contributed by atoms with van der Waals surface area (Å²) in [5.41, 5.74) is 5.14. The maximum Gasteiger partial charge on any atom is 0.287 e.